The first-order valence-corrected chi connectivity index (χ1v) is 7.91. The summed E-state index contributed by atoms with van der Waals surface area (Å²) in [6.45, 7) is 1.40. The van der Waals surface area contributed by atoms with Gasteiger partial charge in [-0.2, -0.15) is 0 Å². The predicted molar refractivity (Wildman–Crippen MR) is 86.3 cm³/mol. The second kappa shape index (κ2) is 5.51. The predicted octanol–water partition coefficient (Wildman–Crippen LogP) is 2.63. The number of fused-ring (bicyclic) bond motifs is 2. The van der Waals surface area contributed by atoms with Crippen LogP contribution in [0.4, 0.5) is 4.39 Å². The highest BCUT2D eigenvalue weighted by atomic mass is 19.1. The molecule has 126 valence electrons. The minimum absolute atomic E-state index is 0.0555. The van der Waals surface area contributed by atoms with Gasteiger partial charge in [-0.1, -0.05) is 12.1 Å². The number of carbonyl (C=O) groups excluding carboxylic acids is 3. The number of halogens is 1. The summed E-state index contributed by atoms with van der Waals surface area (Å²) in [5.41, 5.74) is 1.50. The molecule has 0 bridgehead atoms. The van der Waals surface area contributed by atoms with E-state index in [9.17, 15) is 18.8 Å². The number of hydrogen-bond acceptors (Lipinski definition) is 4. The molecule has 0 fully saturated rings. The molecule has 0 N–H and O–H groups in total. The monoisotopic (exact) mass is 339 g/mol. The summed E-state index contributed by atoms with van der Waals surface area (Å²) >= 11 is 0. The molecule has 25 heavy (non-hydrogen) atoms. The van der Waals surface area contributed by atoms with Crippen molar-refractivity contribution in [1.29, 1.82) is 0 Å². The number of ketones is 1. The van der Waals surface area contributed by atoms with Gasteiger partial charge in [0.05, 0.1) is 23.2 Å². The van der Waals surface area contributed by atoms with Crippen LogP contribution < -0.4 is 4.74 Å². The van der Waals surface area contributed by atoms with Gasteiger partial charge in [-0.3, -0.25) is 19.3 Å². The zero-order valence-electron chi connectivity index (χ0n) is 13.4. The molecule has 6 heteroatoms. The fourth-order valence-electron chi connectivity index (χ4n) is 3.37. The van der Waals surface area contributed by atoms with Gasteiger partial charge in [-0.25, -0.2) is 4.39 Å². The second-order valence-electron chi connectivity index (χ2n) is 6.21. The number of benzene rings is 2. The van der Waals surface area contributed by atoms with E-state index in [2.05, 4.69) is 0 Å². The van der Waals surface area contributed by atoms with Crippen LogP contribution in [0.15, 0.2) is 36.4 Å². The van der Waals surface area contributed by atoms with Gasteiger partial charge in [-0.15, -0.1) is 0 Å². The zero-order chi connectivity index (χ0) is 17.7. The molecular weight excluding hydrogens is 325 g/mol. The van der Waals surface area contributed by atoms with Crippen LogP contribution >= 0.6 is 0 Å². The molecule has 0 saturated heterocycles. The Labute approximate surface area is 143 Å². The summed E-state index contributed by atoms with van der Waals surface area (Å²) in [7, 11) is 0. The summed E-state index contributed by atoms with van der Waals surface area (Å²) in [5, 5.41) is 0. The number of nitrogens with zero attached hydrogens (tertiary/aromatic N) is 1. The van der Waals surface area contributed by atoms with Crippen LogP contribution in [0.3, 0.4) is 0 Å². The van der Waals surface area contributed by atoms with Crippen molar-refractivity contribution >= 4 is 17.6 Å². The molecule has 2 amide bonds. The molecule has 0 aliphatic carbocycles. The van der Waals surface area contributed by atoms with Gasteiger partial charge >= 0.3 is 0 Å². The van der Waals surface area contributed by atoms with Gasteiger partial charge < -0.3 is 4.74 Å². The number of rotatable bonds is 3. The second-order valence-corrected chi connectivity index (χ2v) is 6.21. The Bertz CT molecular complexity index is 902. The van der Waals surface area contributed by atoms with Crippen LogP contribution in [0.1, 0.15) is 43.6 Å². The zero-order valence-corrected chi connectivity index (χ0v) is 13.4. The van der Waals surface area contributed by atoms with E-state index in [4.69, 9.17) is 4.74 Å². The molecule has 2 aromatic rings. The van der Waals surface area contributed by atoms with Crippen LogP contribution in [0.25, 0.3) is 0 Å². The Morgan fingerprint density at radius 2 is 1.84 bits per heavy atom. The van der Waals surface area contributed by atoms with Gasteiger partial charge in [0, 0.05) is 12.0 Å². The third-order valence-electron chi connectivity index (χ3n) is 4.51. The van der Waals surface area contributed by atoms with E-state index in [1.54, 1.807) is 24.3 Å². The standard InChI is InChI=1S/C19H14FNO4/c1-10(22)16-8-12(20)6-11-7-13(25-17(11)16)9-21-18(23)14-4-2-3-5-15(14)19(21)24/h2-6,8,13H,7,9H2,1H3. The number of carbonyl (C=O) groups is 3. The highest BCUT2D eigenvalue weighted by Crippen LogP contribution is 2.35. The molecule has 0 spiro atoms. The number of amides is 2. The van der Waals surface area contributed by atoms with Crippen molar-refractivity contribution in [3.05, 3.63) is 64.5 Å². The van der Waals surface area contributed by atoms with E-state index in [-0.39, 0.29) is 29.7 Å². The molecule has 0 saturated carbocycles. The summed E-state index contributed by atoms with van der Waals surface area (Å²) in [6.07, 6.45) is -0.169. The first kappa shape index (κ1) is 15.5. The molecular formula is C19H14FNO4. The number of ether oxygens (including phenoxy) is 1. The van der Waals surface area contributed by atoms with E-state index in [1.165, 1.54) is 13.0 Å². The molecule has 2 aliphatic heterocycles. The highest BCUT2D eigenvalue weighted by Gasteiger charge is 2.38. The Morgan fingerprint density at radius 3 is 2.44 bits per heavy atom. The maximum Gasteiger partial charge on any atom is 0.261 e. The van der Waals surface area contributed by atoms with Gasteiger partial charge in [0.15, 0.2) is 5.78 Å². The number of imide groups is 1. The van der Waals surface area contributed by atoms with Crippen molar-refractivity contribution in [2.24, 2.45) is 0 Å². The van der Waals surface area contributed by atoms with Crippen molar-refractivity contribution < 1.29 is 23.5 Å². The lowest BCUT2D eigenvalue weighted by Gasteiger charge is -2.19. The largest absolute Gasteiger partial charge is 0.487 e. The van der Waals surface area contributed by atoms with Crippen molar-refractivity contribution in [1.82, 2.24) is 4.90 Å². The minimum atomic E-state index is -0.506. The molecule has 0 aromatic heterocycles. The van der Waals surface area contributed by atoms with Crippen molar-refractivity contribution in [2.45, 2.75) is 19.4 Å². The van der Waals surface area contributed by atoms with E-state index in [0.29, 0.717) is 28.9 Å². The van der Waals surface area contributed by atoms with E-state index >= 15 is 0 Å². The first-order chi connectivity index (χ1) is 12.0. The SMILES string of the molecule is CC(=O)c1cc(F)cc2c1OC(CN1C(=O)c3ccccc3C1=O)C2. The van der Waals surface area contributed by atoms with Crippen molar-refractivity contribution in [2.75, 3.05) is 6.54 Å². The summed E-state index contributed by atoms with van der Waals surface area (Å²) in [5.74, 6) is -1.18. The first-order valence-electron chi connectivity index (χ1n) is 7.91. The van der Waals surface area contributed by atoms with Gasteiger partial charge in [-0.05, 0) is 31.2 Å². The van der Waals surface area contributed by atoms with Gasteiger partial charge in [0.25, 0.3) is 11.8 Å². The normalized spacial score (nSPS) is 18.2. The average Bonchev–Trinajstić information content (AvgIpc) is 3.09. The third-order valence-corrected chi connectivity index (χ3v) is 4.51. The van der Waals surface area contributed by atoms with Crippen LogP contribution in [-0.2, 0) is 6.42 Å². The summed E-state index contributed by atoms with van der Waals surface area (Å²) in [4.78, 5) is 37.7. The van der Waals surface area contributed by atoms with Crippen LogP contribution in [0.5, 0.6) is 5.75 Å². The Balaban J connectivity index is 1.58. The number of Topliss-reactive ketones (excluding diaryl/α,β-unsaturated/α-hetero) is 1. The fourth-order valence-corrected chi connectivity index (χ4v) is 3.37. The van der Waals surface area contributed by atoms with Gasteiger partial charge in [0.1, 0.15) is 17.7 Å². The van der Waals surface area contributed by atoms with Crippen molar-refractivity contribution in [3.8, 4) is 5.75 Å². The quantitative estimate of drug-likeness (QED) is 0.637. The smallest absolute Gasteiger partial charge is 0.261 e. The molecule has 5 nitrogen and oxygen atoms in total. The maximum atomic E-state index is 13.7. The molecule has 0 radical (unpaired) electrons. The Morgan fingerprint density at radius 1 is 1.20 bits per heavy atom. The topological polar surface area (TPSA) is 63.7 Å². The summed E-state index contributed by atoms with van der Waals surface area (Å²) in [6, 6.07) is 9.11. The Kier molecular flexibility index (Phi) is 3.42. The molecule has 2 aliphatic rings. The molecule has 1 unspecified atom stereocenters. The third kappa shape index (κ3) is 2.41. The minimum Gasteiger partial charge on any atom is -0.487 e. The maximum absolute atomic E-state index is 13.7. The fraction of sp³-hybridized carbons (Fsp3) is 0.211. The average molecular weight is 339 g/mol. The van der Waals surface area contributed by atoms with E-state index in [1.807, 2.05) is 0 Å². The lowest BCUT2D eigenvalue weighted by atomic mass is 10.0. The van der Waals surface area contributed by atoms with Crippen LogP contribution in [0.2, 0.25) is 0 Å². The molecule has 1 atom stereocenters. The Hall–Kier alpha value is -3.02. The summed E-state index contributed by atoms with van der Waals surface area (Å²) < 4.78 is 19.5. The molecule has 2 heterocycles. The van der Waals surface area contributed by atoms with Gasteiger partial charge in [0.2, 0.25) is 0 Å². The van der Waals surface area contributed by atoms with Crippen molar-refractivity contribution in [3.63, 3.8) is 0 Å². The van der Waals surface area contributed by atoms with E-state index in [0.717, 1.165) is 11.0 Å². The van der Waals surface area contributed by atoms with Crippen LogP contribution in [0, 0.1) is 5.82 Å². The highest BCUT2D eigenvalue weighted by molar-refractivity contribution is 6.21. The lowest BCUT2D eigenvalue weighted by Crippen LogP contribution is -2.38. The lowest BCUT2D eigenvalue weighted by molar-refractivity contribution is 0.0586. The molecule has 4 rings (SSSR count). The number of hydrogen-bond donors (Lipinski definition) is 0. The van der Waals surface area contributed by atoms with Crippen LogP contribution in [-0.4, -0.2) is 35.1 Å². The molecule has 2 aromatic carbocycles. The van der Waals surface area contributed by atoms with E-state index < -0.39 is 11.9 Å².